The first-order chi connectivity index (χ1) is 9.08. The summed E-state index contributed by atoms with van der Waals surface area (Å²) in [6.07, 6.45) is 1.75. The Morgan fingerprint density at radius 1 is 1.05 bits per heavy atom. The summed E-state index contributed by atoms with van der Waals surface area (Å²) in [5, 5.41) is 0. The summed E-state index contributed by atoms with van der Waals surface area (Å²) in [7, 11) is 0. The molecule has 0 heterocycles. The van der Waals surface area contributed by atoms with E-state index in [1.54, 1.807) is 12.1 Å². The maximum atomic E-state index is 13.3. The van der Waals surface area contributed by atoms with E-state index >= 15 is 0 Å². The summed E-state index contributed by atoms with van der Waals surface area (Å²) in [5.74, 6) is -0.216. The van der Waals surface area contributed by atoms with Crippen LogP contribution in [0.25, 0.3) is 0 Å². The molecule has 1 atom stereocenters. The average molecular weight is 257 g/mol. The highest BCUT2D eigenvalue weighted by Crippen LogP contribution is 2.22. The summed E-state index contributed by atoms with van der Waals surface area (Å²) in [4.78, 5) is 0. The van der Waals surface area contributed by atoms with Crippen LogP contribution in [0.5, 0.6) is 0 Å². The van der Waals surface area contributed by atoms with Gasteiger partial charge in [-0.3, -0.25) is 0 Å². The SMILES string of the molecule is Cc1ccccc1CCC(N)c1cc(F)ccc1C. The van der Waals surface area contributed by atoms with Gasteiger partial charge >= 0.3 is 0 Å². The molecule has 0 aromatic heterocycles. The number of aryl methyl sites for hydroxylation is 3. The van der Waals surface area contributed by atoms with Gasteiger partial charge in [-0.05, 0) is 61.1 Å². The minimum Gasteiger partial charge on any atom is -0.324 e. The van der Waals surface area contributed by atoms with E-state index in [0.717, 1.165) is 24.0 Å². The van der Waals surface area contributed by atoms with Gasteiger partial charge in [-0.15, -0.1) is 0 Å². The van der Waals surface area contributed by atoms with E-state index < -0.39 is 0 Å². The van der Waals surface area contributed by atoms with Crippen LogP contribution >= 0.6 is 0 Å². The Morgan fingerprint density at radius 2 is 1.79 bits per heavy atom. The van der Waals surface area contributed by atoms with E-state index in [1.165, 1.54) is 17.2 Å². The monoisotopic (exact) mass is 257 g/mol. The summed E-state index contributed by atoms with van der Waals surface area (Å²) >= 11 is 0. The van der Waals surface area contributed by atoms with Crippen LogP contribution in [0, 0.1) is 19.7 Å². The van der Waals surface area contributed by atoms with Crippen molar-refractivity contribution in [2.24, 2.45) is 5.73 Å². The summed E-state index contributed by atoms with van der Waals surface area (Å²) in [6.45, 7) is 4.08. The van der Waals surface area contributed by atoms with Crippen molar-refractivity contribution in [2.75, 3.05) is 0 Å². The lowest BCUT2D eigenvalue weighted by atomic mass is 9.95. The van der Waals surface area contributed by atoms with Crippen molar-refractivity contribution in [1.82, 2.24) is 0 Å². The molecule has 2 heteroatoms. The molecule has 0 saturated carbocycles. The third kappa shape index (κ3) is 3.42. The van der Waals surface area contributed by atoms with Crippen LogP contribution in [0.15, 0.2) is 42.5 Å². The second-order valence-electron chi connectivity index (χ2n) is 5.07. The van der Waals surface area contributed by atoms with Crippen molar-refractivity contribution in [2.45, 2.75) is 32.7 Å². The van der Waals surface area contributed by atoms with Crippen LogP contribution < -0.4 is 5.73 Å². The van der Waals surface area contributed by atoms with Crippen LogP contribution in [0.1, 0.15) is 34.7 Å². The fourth-order valence-electron chi connectivity index (χ4n) is 2.37. The lowest BCUT2D eigenvalue weighted by molar-refractivity contribution is 0.606. The molecule has 2 rings (SSSR count). The van der Waals surface area contributed by atoms with Gasteiger partial charge in [-0.25, -0.2) is 4.39 Å². The zero-order valence-corrected chi connectivity index (χ0v) is 11.5. The quantitative estimate of drug-likeness (QED) is 0.877. The van der Waals surface area contributed by atoms with Gasteiger partial charge in [-0.1, -0.05) is 30.3 Å². The zero-order chi connectivity index (χ0) is 13.8. The minimum atomic E-state index is -0.216. The van der Waals surface area contributed by atoms with Crippen LogP contribution in [0.4, 0.5) is 4.39 Å². The van der Waals surface area contributed by atoms with Gasteiger partial charge in [-0.2, -0.15) is 0 Å². The number of nitrogens with two attached hydrogens (primary N) is 1. The highest BCUT2D eigenvalue weighted by atomic mass is 19.1. The van der Waals surface area contributed by atoms with Crippen molar-refractivity contribution in [3.63, 3.8) is 0 Å². The Balaban J connectivity index is 2.07. The predicted octanol–water partition coefficient (Wildman–Crippen LogP) is 4.08. The predicted molar refractivity (Wildman–Crippen MR) is 77.6 cm³/mol. The molecule has 0 aliphatic rings. The van der Waals surface area contributed by atoms with Crippen molar-refractivity contribution in [3.05, 3.63) is 70.5 Å². The number of rotatable bonds is 4. The number of halogens is 1. The van der Waals surface area contributed by atoms with Crippen LogP contribution in [-0.2, 0) is 6.42 Å². The molecule has 2 aromatic carbocycles. The Labute approximate surface area is 114 Å². The average Bonchev–Trinajstić information content (AvgIpc) is 2.40. The molecule has 0 saturated heterocycles. The molecule has 19 heavy (non-hydrogen) atoms. The smallest absolute Gasteiger partial charge is 0.123 e. The lowest BCUT2D eigenvalue weighted by Crippen LogP contribution is -2.13. The fourth-order valence-corrected chi connectivity index (χ4v) is 2.37. The summed E-state index contributed by atoms with van der Waals surface area (Å²) in [5.41, 5.74) is 10.8. The molecule has 0 bridgehead atoms. The Morgan fingerprint density at radius 3 is 2.53 bits per heavy atom. The third-order valence-electron chi connectivity index (χ3n) is 3.63. The van der Waals surface area contributed by atoms with E-state index in [-0.39, 0.29) is 11.9 Å². The first-order valence-corrected chi connectivity index (χ1v) is 6.64. The van der Waals surface area contributed by atoms with E-state index in [4.69, 9.17) is 5.73 Å². The normalized spacial score (nSPS) is 12.4. The highest BCUT2D eigenvalue weighted by molar-refractivity contribution is 5.30. The molecule has 1 unspecified atom stereocenters. The van der Waals surface area contributed by atoms with Crippen molar-refractivity contribution in [1.29, 1.82) is 0 Å². The van der Waals surface area contributed by atoms with Crippen molar-refractivity contribution in [3.8, 4) is 0 Å². The molecular weight excluding hydrogens is 237 g/mol. The van der Waals surface area contributed by atoms with Crippen LogP contribution in [0.2, 0.25) is 0 Å². The maximum Gasteiger partial charge on any atom is 0.123 e. The molecule has 1 nitrogen and oxygen atoms in total. The van der Waals surface area contributed by atoms with Gasteiger partial charge in [0.2, 0.25) is 0 Å². The second kappa shape index (κ2) is 5.98. The lowest BCUT2D eigenvalue weighted by Gasteiger charge is -2.15. The second-order valence-corrected chi connectivity index (χ2v) is 5.07. The summed E-state index contributed by atoms with van der Waals surface area (Å²) in [6, 6.07) is 13.0. The van der Waals surface area contributed by atoms with E-state index in [9.17, 15) is 4.39 Å². The standard InChI is InChI=1S/C17H20FN/c1-12-5-3-4-6-14(12)8-10-17(19)16-11-15(18)9-7-13(16)2/h3-7,9,11,17H,8,10,19H2,1-2H3. The highest BCUT2D eigenvalue weighted by Gasteiger charge is 2.10. The third-order valence-corrected chi connectivity index (χ3v) is 3.63. The van der Waals surface area contributed by atoms with E-state index in [1.807, 2.05) is 19.1 Å². The van der Waals surface area contributed by atoms with Gasteiger partial charge in [0, 0.05) is 6.04 Å². The zero-order valence-electron chi connectivity index (χ0n) is 11.5. The largest absolute Gasteiger partial charge is 0.324 e. The molecule has 2 N–H and O–H groups in total. The molecule has 100 valence electrons. The Kier molecular flexibility index (Phi) is 4.33. The van der Waals surface area contributed by atoms with Gasteiger partial charge in [0.05, 0.1) is 0 Å². The first kappa shape index (κ1) is 13.8. The van der Waals surface area contributed by atoms with Crippen molar-refractivity contribution >= 4 is 0 Å². The van der Waals surface area contributed by atoms with E-state index in [2.05, 4.69) is 19.1 Å². The minimum absolute atomic E-state index is 0.115. The molecular formula is C17H20FN. The molecule has 0 radical (unpaired) electrons. The molecule has 2 aromatic rings. The van der Waals surface area contributed by atoms with E-state index in [0.29, 0.717) is 0 Å². The molecule has 0 amide bonds. The van der Waals surface area contributed by atoms with Crippen LogP contribution in [-0.4, -0.2) is 0 Å². The van der Waals surface area contributed by atoms with Gasteiger partial charge in [0.15, 0.2) is 0 Å². The van der Waals surface area contributed by atoms with Gasteiger partial charge in [0.1, 0.15) is 5.82 Å². The molecule has 0 aliphatic carbocycles. The topological polar surface area (TPSA) is 26.0 Å². The van der Waals surface area contributed by atoms with Crippen molar-refractivity contribution < 1.29 is 4.39 Å². The Bertz CT molecular complexity index is 563. The van der Waals surface area contributed by atoms with Gasteiger partial charge in [0.25, 0.3) is 0 Å². The number of benzene rings is 2. The number of hydrogen-bond donors (Lipinski definition) is 1. The number of hydrogen-bond acceptors (Lipinski definition) is 1. The molecule has 0 spiro atoms. The Hall–Kier alpha value is -1.67. The fraction of sp³-hybridized carbons (Fsp3) is 0.294. The molecule has 0 fully saturated rings. The van der Waals surface area contributed by atoms with Crippen LogP contribution in [0.3, 0.4) is 0 Å². The molecule has 0 aliphatic heterocycles. The maximum absolute atomic E-state index is 13.3. The summed E-state index contributed by atoms with van der Waals surface area (Å²) < 4.78 is 13.3. The first-order valence-electron chi connectivity index (χ1n) is 6.64. The van der Waals surface area contributed by atoms with Gasteiger partial charge < -0.3 is 5.73 Å².